The highest BCUT2D eigenvalue weighted by atomic mass is 32.2. The van der Waals surface area contributed by atoms with Crippen LogP contribution in [0.15, 0.2) is 72.0 Å². The lowest BCUT2D eigenvalue weighted by Gasteiger charge is -2.16. The fraction of sp³-hybridized carbons (Fsp3) is 0.111. The fourth-order valence-electron chi connectivity index (χ4n) is 2.86. The van der Waals surface area contributed by atoms with Gasteiger partial charge in [-0.3, -0.25) is 0 Å². The third-order valence-corrected chi connectivity index (χ3v) is 5.92. The molecule has 0 fully saturated rings. The summed E-state index contributed by atoms with van der Waals surface area (Å²) in [5.74, 6) is 0. The molecule has 1 aliphatic heterocycles. The summed E-state index contributed by atoms with van der Waals surface area (Å²) in [6.07, 6.45) is 3.13. The molecular formula is C18H15N3O2S. The van der Waals surface area contributed by atoms with E-state index in [1.165, 1.54) is 10.6 Å². The molecule has 0 atom stereocenters. The van der Waals surface area contributed by atoms with Crippen LogP contribution in [0.1, 0.15) is 11.3 Å². The lowest BCUT2D eigenvalue weighted by molar-refractivity contribution is 0.430. The maximum Gasteiger partial charge on any atom is 0.243 e. The molecule has 120 valence electrons. The third-order valence-electron chi connectivity index (χ3n) is 4.13. The molecule has 1 aromatic heterocycles. The lowest BCUT2D eigenvalue weighted by Crippen LogP contribution is -2.25. The highest BCUT2D eigenvalue weighted by molar-refractivity contribution is 7.89. The molecule has 0 bridgehead atoms. The molecule has 5 nitrogen and oxygen atoms in total. The third kappa shape index (κ3) is 2.60. The molecule has 0 amide bonds. The summed E-state index contributed by atoms with van der Waals surface area (Å²) >= 11 is 0. The predicted octanol–water partition coefficient (Wildman–Crippen LogP) is 2.85. The maximum atomic E-state index is 13.0. The van der Waals surface area contributed by atoms with Gasteiger partial charge < -0.3 is 0 Å². The first-order chi connectivity index (χ1) is 11.6. The van der Waals surface area contributed by atoms with E-state index in [1.54, 1.807) is 24.4 Å². The van der Waals surface area contributed by atoms with Crippen LogP contribution in [-0.2, 0) is 23.1 Å². The number of fused-ring (bicyclic) bond motifs is 1. The molecule has 0 radical (unpaired) electrons. The van der Waals surface area contributed by atoms with Gasteiger partial charge in [0.1, 0.15) is 6.33 Å². The lowest BCUT2D eigenvalue weighted by atomic mass is 10.1. The van der Waals surface area contributed by atoms with Crippen molar-refractivity contribution >= 4 is 10.0 Å². The summed E-state index contributed by atoms with van der Waals surface area (Å²) in [7, 11) is -3.57. The number of sulfonamides is 1. The molecule has 0 unspecified atom stereocenters. The molecule has 2 heterocycles. The Morgan fingerprint density at radius 3 is 2.50 bits per heavy atom. The van der Waals surface area contributed by atoms with Crippen LogP contribution in [-0.4, -0.2) is 22.7 Å². The Morgan fingerprint density at radius 1 is 0.917 bits per heavy atom. The van der Waals surface area contributed by atoms with Crippen LogP contribution in [0.25, 0.3) is 11.1 Å². The van der Waals surface area contributed by atoms with Gasteiger partial charge in [0.05, 0.1) is 17.1 Å². The molecule has 24 heavy (non-hydrogen) atoms. The van der Waals surface area contributed by atoms with Crippen molar-refractivity contribution in [1.29, 1.82) is 0 Å². The van der Waals surface area contributed by atoms with E-state index >= 15 is 0 Å². The van der Waals surface area contributed by atoms with Crippen LogP contribution < -0.4 is 0 Å². The largest absolute Gasteiger partial charge is 0.244 e. The second-order valence-corrected chi connectivity index (χ2v) is 7.60. The van der Waals surface area contributed by atoms with Crippen molar-refractivity contribution < 1.29 is 8.42 Å². The highest BCUT2D eigenvalue weighted by Crippen LogP contribution is 2.29. The normalized spacial score (nSPS) is 14.5. The maximum absolute atomic E-state index is 13.0. The zero-order valence-electron chi connectivity index (χ0n) is 12.8. The summed E-state index contributed by atoms with van der Waals surface area (Å²) < 4.78 is 27.4. The summed E-state index contributed by atoms with van der Waals surface area (Å²) in [6, 6.07) is 16.8. The van der Waals surface area contributed by atoms with Crippen molar-refractivity contribution in [3.05, 3.63) is 78.4 Å². The van der Waals surface area contributed by atoms with Crippen molar-refractivity contribution in [3.8, 4) is 11.1 Å². The van der Waals surface area contributed by atoms with Crippen molar-refractivity contribution in [2.75, 3.05) is 0 Å². The Labute approximate surface area is 140 Å². The second kappa shape index (κ2) is 5.81. The molecule has 0 aliphatic carbocycles. The monoisotopic (exact) mass is 337 g/mol. The molecule has 0 spiro atoms. The van der Waals surface area contributed by atoms with Crippen LogP contribution >= 0.6 is 0 Å². The highest BCUT2D eigenvalue weighted by Gasteiger charge is 2.31. The summed E-state index contributed by atoms with van der Waals surface area (Å²) in [5.41, 5.74) is 3.51. The van der Waals surface area contributed by atoms with E-state index in [0.717, 1.165) is 22.4 Å². The van der Waals surface area contributed by atoms with Crippen molar-refractivity contribution in [2.24, 2.45) is 0 Å². The molecule has 1 aliphatic rings. The molecule has 0 saturated carbocycles. The van der Waals surface area contributed by atoms with Crippen LogP contribution in [0.5, 0.6) is 0 Å². The van der Waals surface area contributed by atoms with Crippen LogP contribution in [0.2, 0.25) is 0 Å². The average Bonchev–Trinajstić information content (AvgIpc) is 3.08. The van der Waals surface area contributed by atoms with E-state index in [-0.39, 0.29) is 6.54 Å². The zero-order valence-corrected chi connectivity index (χ0v) is 13.6. The molecule has 0 saturated heterocycles. The number of benzene rings is 2. The molecule has 4 rings (SSSR count). The van der Waals surface area contributed by atoms with Crippen LogP contribution in [0.4, 0.5) is 0 Å². The Kier molecular flexibility index (Phi) is 3.63. The quantitative estimate of drug-likeness (QED) is 0.737. The first kappa shape index (κ1) is 15.0. The first-order valence-electron chi connectivity index (χ1n) is 7.58. The topological polar surface area (TPSA) is 63.2 Å². The van der Waals surface area contributed by atoms with Crippen molar-refractivity contribution in [2.45, 2.75) is 18.0 Å². The Bertz CT molecular complexity index is 963. The minimum absolute atomic E-state index is 0.287. The standard InChI is InChI=1S/C18H15N3O2S/c22-24(23,21-11-16-10-19-13-20-18(16)12-21)17-8-4-7-15(9-17)14-5-2-1-3-6-14/h1-10,13H,11-12H2. The number of rotatable bonds is 3. The van der Waals surface area contributed by atoms with Gasteiger partial charge in [-0.15, -0.1) is 0 Å². The van der Waals surface area contributed by atoms with Gasteiger partial charge in [0.25, 0.3) is 0 Å². The predicted molar refractivity (Wildman–Crippen MR) is 90.3 cm³/mol. The van der Waals surface area contributed by atoms with Crippen LogP contribution in [0.3, 0.4) is 0 Å². The van der Waals surface area contributed by atoms with Gasteiger partial charge in [-0.2, -0.15) is 4.31 Å². The Morgan fingerprint density at radius 2 is 1.71 bits per heavy atom. The molecule has 6 heteroatoms. The van der Waals surface area contributed by atoms with E-state index in [9.17, 15) is 8.42 Å². The molecule has 0 N–H and O–H groups in total. The SMILES string of the molecule is O=S(=O)(c1cccc(-c2ccccc2)c1)N1Cc2cncnc2C1. The molecule has 2 aromatic carbocycles. The van der Waals surface area contributed by atoms with E-state index in [2.05, 4.69) is 9.97 Å². The molecule has 3 aromatic rings. The first-order valence-corrected chi connectivity index (χ1v) is 9.02. The minimum Gasteiger partial charge on any atom is -0.244 e. The number of hydrogen-bond donors (Lipinski definition) is 0. The van der Waals surface area contributed by atoms with Crippen molar-refractivity contribution in [1.82, 2.24) is 14.3 Å². The Balaban J connectivity index is 1.69. The van der Waals surface area contributed by atoms with E-state index in [0.29, 0.717) is 11.4 Å². The van der Waals surface area contributed by atoms with Gasteiger partial charge in [0.15, 0.2) is 0 Å². The van der Waals surface area contributed by atoms with Gasteiger partial charge in [0, 0.05) is 18.3 Å². The van der Waals surface area contributed by atoms with Crippen LogP contribution in [0, 0.1) is 0 Å². The fourth-order valence-corrected chi connectivity index (χ4v) is 4.28. The second-order valence-electron chi connectivity index (χ2n) is 5.66. The number of aromatic nitrogens is 2. The van der Waals surface area contributed by atoms with Gasteiger partial charge in [-0.1, -0.05) is 42.5 Å². The van der Waals surface area contributed by atoms with Crippen molar-refractivity contribution in [3.63, 3.8) is 0 Å². The number of nitrogens with zero attached hydrogens (tertiary/aromatic N) is 3. The summed E-state index contributed by atoms with van der Waals surface area (Å²) in [6.45, 7) is 0.601. The van der Waals surface area contributed by atoms with E-state index in [1.807, 2.05) is 36.4 Å². The minimum atomic E-state index is -3.57. The number of hydrogen-bond acceptors (Lipinski definition) is 4. The molecular weight excluding hydrogens is 322 g/mol. The van der Waals surface area contributed by atoms with Gasteiger partial charge in [-0.05, 0) is 23.3 Å². The summed E-state index contributed by atoms with van der Waals surface area (Å²) in [5, 5.41) is 0. The van der Waals surface area contributed by atoms with E-state index in [4.69, 9.17) is 0 Å². The van der Waals surface area contributed by atoms with Gasteiger partial charge in [0.2, 0.25) is 10.0 Å². The Hall–Kier alpha value is -2.57. The van der Waals surface area contributed by atoms with E-state index < -0.39 is 10.0 Å². The summed E-state index contributed by atoms with van der Waals surface area (Å²) in [4.78, 5) is 8.43. The zero-order chi connectivity index (χ0) is 16.6. The average molecular weight is 337 g/mol. The smallest absolute Gasteiger partial charge is 0.243 e. The van der Waals surface area contributed by atoms with Gasteiger partial charge >= 0.3 is 0 Å². The van der Waals surface area contributed by atoms with Gasteiger partial charge in [-0.25, -0.2) is 18.4 Å².